The third kappa shape index (κ3) is 1.97. The molecule has 1 aromatic carbocycles. The van der Waals surface area contributed by atoms with Gasteiger partial charge in [0.15, 0.2) is 0 Å². The minimum atomic E-state index is -3.98. The summed E-state index contributed by atoms with van der Waals surface area (Å²) in [7, 11) is -3.98. The molecule has 14 heavy (non-hydrogen) atoms. The number of halogens is 1. The fourth-order valence-corrected chi connectivity index (χ4v) is 1.57. The van der Waals surface area contributed by atoms with Crippen LogP contribution >= 0.6 is 11.6 Å². The van der Waals surface area contributed by atoms with E-state index >= 15 is 0 Å². The topological polar surface area (TPSA) is 67.9 Å². The molecule has 1 aliphatic heterocycles. The van der Waals surface area contributed by atoms with Crippen LogP contribution in [0.2, 0.25) is 5.02 Å². The van der Waals surface area contributed by atoms with Crippen molar-refractivity contribution in [3.05, 3.63) is 29.3 Å². The second-order valence-electron chi connectivity index (χ2n) is 2.43. The number of hydrazine groups is 1. The van der Waals surface area contributed by atoms with Gasteiger partial charge < -0.3 is 0 Å². The average molecular weight is 237 g/mol. The quantitative estimate of drug-likeness (QED) is 0.777. The van der Waals surface area contributed by atoms with Gasteiger partial charge in [0.2, 0.25) is 0 Å². The normalized spacial score (nSPS) is 19.9. The number of benzene rings is 1. The summed E-state index contributed by atoms with van der Waals surface area (Å²) in [5.41, 5.74) is 2.47. The van der Waals surface area contributed by atoms with E-state index in [0.717, 1.165) is 5.17 Å². The predicted octanol–water partition coefficient (Wildman–Crippen LogP) is 0.773. The van der Waals surface area contributed by atoms with Gasteiger partial charge in [-0.15, -0.1) is 13.7 Å². The Morgan fingerprint density at radius 3 is 2.79 bits per heavy atom. The van der Waals surface area contributed by atoms with Crippen molar-refractivity contribution in [3.8, 4) is 0 Å². The van der Waals surface area contributed by atoms with Crippen LogP contribution < -0.4 is 10.8 Å². The first-order valence-corrected chi connectivity index (χ1v) is 5.22. The van der Waals surface area contributed by atoms with E-state index in [1.807, 2.05) is 0 Å². The van der Waals surface area contributed by atoms with E-state index in [2.05, 4.69) is 14.2 Å². The molecule has 1 saturated heterocycles. The zero-order chi connectivity index (χ0) is 10.2. The largest absolute Gasteiger partial charge is 0.440 e. The summed E-state index contributed by atoms with van der Waals surface area (Å²) in [4.78, 5) is 0. The average Bonchev–Trinajstić information content (AvgIpc) is 2.46. The zero-order valence-corrected chi connectivity index (χ0v) is 8.25. The lowest BCUT2D eigenvalue weighted by Crippen LogP contribution is -2.28. The number of anilines is 1. The third-order valence-electron chi connectivity index (χ3n) is 1.43. The highest BCUT2D eigenvalue weighted by Crippen LogP contribution is 2.21. The maximum absolute atomic E-state index is 10.7. The van der Waals surface area contributed by atoms with Crippen LogP contribution in [-0.2, 0) is 19.0 Å². The van der Waals surface area contributed by atoms with E-state index in [9.17, 15) is 8.42 Å². The predicted molar refractivity (Wildman–Crippen MR) is 48.2 cm³/mol. The Morgan fingerprint density at radius 1 is 1.43 bits per heavy atom. The molecule has 0 amide bonds. The smallest absolute Gasteiger partial charge is 0.165 e. The molecule has 0 saturated carbocycles. The van der Waals surface area contributed by atoms with Crippen LogP contribution in [0.4, 0.5) is 5.69 Å². The monoisotopic (exact) mass is 236 g/mol. The molecule has 1 aliphatic rings. The van der Waals surface area contributed by atoms with Crippen LogP contribution in [0.15, 0.2) is 24.3 Å². The molecule has 1 aromatic rings. The summed E-state index contributed by atoms with van der Waals surface area (Å²) in [6.07, 6.45) is 0. The van der Waals surface area contributed by atoms with Crippen LogP contribution in [-0.4, -0.2) is 8.42 Å². The minimum absolute atomic E-state index is 0.415. The molecule has 0 radical (unpaired) electrons. The highest BCUT2D eigenvalue weighted by Gasteiger charge is 2.28. The lowest BCUT2D eigenvalue weighted by molar-refractivity contribution is 0.198. The van der Waals surface area contributed by atoms with Crippen molar-refractivity contribution in [2.24, 2.45) is 0 Å². The fraction of sp³-hybridized carbons (Fsp3) is 0. The number of nitrogens with one attached hydrogen (secondary N) is 1. The molecule has 0 bridgehead atoms. The molecule has 0 atom stereocenters. The Morgan fingerprint density at radius 2 is 2.21 bits per heavy atom. The lowest BCUT2D eigenvalue weighted by atomic mass is 10.3. The number of hydrogen-bond acceptors (Lipinski definition) is 6. The third-order valence-corrected chi connectivity index (χ3v) is 2.28. The number of rotatable bonds is 1. The van der Waals surface area contributed by atoms with Crippen molar-refractivity contribution < 1.29 is 17.0 Å². The first-order valence-electron chi connectivity index (χ1n) is 3.51. The van der Waals surface area contributed by atoms with Crippen molar-refractivity contribution in [3.63, 3.8) is 0 Å². The number of hydrogen-bond donors (Lipinski definition) is 1. The minimum Gasteiger partial charge on any atom is -0.165 e. The summed E-state index contributed by atoms with van der Waals surface area (Å²) in [6.45, 7) is 0. The SMILES string of the molecule is O=S1(=O)ONN(c2cccc(Cl)c2)O1. The Hall–Kier alpha value is -0.860. The van der Waals surface area contributed by atoms with E-state index in [1.165, 1.54) is 6.07 Å². The van der Waals surface area contributed by atoms with E-state index in [1.54, 1.807) is 18.2 Å². The highest BCUT2D eigenvalue weighted by atomic mass is 35.5. The molecule has 76 valence electrons. The van der Waals surface area contributed by atoms with Gasteiger partial charge in [0, 0.05) is 5.02 Å². The number of nitrogens with zero attached hydrogens (tertiary/aromatic N) is 1. The Labute approximate surface area is 85.2 Å². The van der Waals surface area contributed by atoms with Crippen molar-refractivity contribution in [1.29, 1.82) is 0 Å². The molecular formula is C6H5ClN2O4S. The van der Waals surface area contributed by atoms with Crippen LogP contribution in [0, 0.1) is 0 Å². The molecule has 2 rings (SSSR count). The first kappa shape index (κ1) is 9.69. The van der Waals surface area contributed by atoms with Crippen molar-refractivity contribution in [1.82, 2.24) is 5.59 Å². The van der Waals surface area contributed by atoms with Crippen molar-refractivity contribution >= 4 is 27.7 Å². The highest BCUT2D eigenvalue weighted by molar-refractivity contribution is 7.82. The van der Waals surface area contributed by atoms with E-state index in [0.29, 0.717) is 10.7 Å². The van der Waals surface area contributed by atoms with E-state index in [-0.39, 0.29) is 0 Å². The summed E-state index contributed by atoms with van der Waals surface area (Å²) in [6, 6.07) is 6.41. The standard InChI is InChI=1S/C6H5ClN2O4S/c7-5-2-1-3-6(4-5)9-8-12-14(10,11)13-9/h1-4,8H. The zero-order valence-electron chi connectivity index (χ0n) is 6.68. The molecule has 0 unspecified atom stereocenters. The Kier molecular flexibility index (Phi) is 2.33. The van der Waals surface area contributed by atoms with Gasteiger partial charge in [-0.3, -0.25) is 0 Å². The molecular weight excluding hydrogens is 232 g/mol. The summed E-state index contributed by atoms with van der Waals surface area (Å²) >= 11 is 5.69. The van der Waals surface area contributed by atoms with Gasteiger partial charge in [-0.05, 0) is 18.2 Å². The molecule has 8 heteroatoms. The van der Waals surface area contributed by atoms with Crippen LogP contribution in [0.1, 0.15) is 0 Å². The molecule has 1 heterocycles. The second-order valence-corrected chi connectivity index (χ2v) is 4.00. The van der Waals surface area contributed by atoms with Crippen LogP contribution in [0.3, 0.4) is 0 Å². The summed E-state index contributed by atoms with van der Waals surface area (Å²) in [5.74, 6) is 0. The van der Waals surface area contributed by atoms with Crippen LogP contribution in [0.5, 0.6) is 0 Å². The molecule has 1 N–H and O–H groups in total. The van der Waals surface area contributed by atoms with Gasteiger partial charge in [0.05, 0.1) is 5.69 Å². The van der Waals surface area contributed by atoms with Crippen molar-refractivity contribution in [2.75, 3.05) is 5.17 Å². The summed E-state index contributed by atoms with van der Waals surface area (Å²) < 4.78 is 30.0. The van der Waals surface area contributed by atoms with E-state index in [4.69, 9.17) is 11.6 Å². The Balaban J connectivity index is 2.26. The van der Waals surface area contributed by atoms with Gasteiger partial charge in [-0.2, -0.15) is 8.42 Å². The molecule has 0 aliphatic carbocycles. The maximum atomic E-state index is 10.7. The van der Waals surface area contributed by atoms with Gasteiger partial charge in [0.25, 0.3) is 0 Å². The van der Waals surface area contributed by atoms with Gasteiger partial charge >= 0.3 is 10.4 Å². The van der Waals surface area contributed by atoms with E-state index < -0.39 is 10.4 Å². The summed E-state index contributed by atoms with van der Waals surface area (Å²) in [5, 5.41) is 1.30. The lowest BCUT2D eigenvalue weighted by Gasteiger charge is -2.10. The molecule has 0 aromatic heterocycles. The molecule has 6 nitrogen and oxygen atoms in total. The van der Waals surface area contributed by atoms with Gasteiger partial charge in [-0.1, -0.05) is 23.3 Å². The van der Waals surface area contributed by atoms with Gasteiger partial charge in [-0.25, -0.2) is 0 Å². The second kappa shape index (κ2) is 3.37. The Bertz CT molecular complexity index is 449. The first-order chi connectivity index (χ1) is 6.57. The van der Waals surface area contributed by atoms with Crippen molar-refractivity contribution in [2.45, 2.75) is 0 Å². The van der Waals surface area contributed by atoms with Gasteiger partial charge in [0.1, 0.15) is 0 Å². The molecule has 0 spiro atoms. The fourth-order valence-electron chi connectivity index (χ4n) is 0.899. The maximum Gasteiger partial charge on any atom is 0.440 e. The molecule has 1 fully saturated rings. The van der Waals surface area contributed by atoms with Crippen LogP contribution in [0.25, 0.3) is 0 Å².